The second-order valence-corrected chi connectivity index (χ2v) is 4.41. The molecule has 4 heteroatoms. The summed E-state index contributed by atoms with van der Waals surface area (Å²) in [6.45, 7) is 4.29. The molecule has 0 atom stereocenters. The summed E-state index contributed by atoms with van der Waals surface area (Å²) in [6.07, 6.45) is 7.04. The summed E-state index contributed by atoms with van der Waals surface area (Å²) >= 11 is 1.70. The van der Waals surface area contributed by atoms with E-state index >= 15 is 0 Å². The third-order valence-corrected chi connectivity index (χ3v) is 3.21. The van der Waals surface area contributed by atoms with Gasteiger partial charge in [-0.25, -0.2) is 15.0 Å². The fourth-order valence-corrected chi connectivity index (χ4v) is 2.01. The Morgan fingerprint density at radius 2 is 1.86 bits per heavy atom. The Bertz CT molecular complexity index is 408. The summed E-state index contributed by atoms with van der Waals surface area (Å²) in [7, 11) is 0. The SMILES string of the molecule is CC(C)c1ncc(-c2cncnc2)s1. The molecule has 0 radical (unpaired) electrons. The predicted molar refractivity (Wildman–Crippen MR) is 57.2 cm³/mol. The molecule has 0 aromatic carbocycles. The van der Waals surface area contributed by atoms with Crippen molar-refractivity contribution in [1.82, 2.24) is 15.0 Å². The van der Waals surface area contributed by atoms with Crippen molar-refractivity contribution in [2.24, 2.45) is 0 Å². The van der Waals surface area contributed by atoms with Gasteiger partial charge in [0.15, 0.2) is 0 Å². The van der Waals surface area contributed by atoms with Gasteiger partial charge in [0, 0.05) is 30.1 Å². The van der Waals surface area contributed by atoms with Crippen molar-refractivity contribution < 1.29 is 0 Å². The summed E-state index contributed by atoms with van der Waals surface area (Å²) in [6, 6.07) is 0. The van der Waals surface area contributed by atoms with Gasteiger partial charge in [-0.3, -0.25) is 0 Å². The first-order valence-electron chi connectivity index (χ1n) is 4.48. The Hall–Kier alpha value is -1.29. The highest BCUT2D eigenvalue weighted by molar-refractivity contribution is 7.15. The molecule has 2 rings (SSSR count). The third kappa shape index (κ3) is 1.80. The molecular weight excluding hydrogens is 194 g/mol. The van der Waals surface area contributed by atoms with Crippen LogP contribution in [-0.2, 0) is 0 Å². The number of hydrogen-bond acceptors (Lipinski definition) is 4. The van der Waals surface area contributed by atoms with Crippen LogP contribution in [0.15, 0.2) is 24.9 Å². The summed E-state index contributed by atoms with van der Waals surface area (Å²) in [4.78, 5) is 13.5. The van der Waals surface area contributed by atoms with Gasteiger partial charge in [-0.15, -0.1) is 11.3 Å². The smallest absolute Gasteiger partial charge is 0.115 e. The molecule has 0 spiro atoms. The van der Waals surface area contributed by atoms with Gasteiger partial charge in [-0.1, -0.05) is 13.8 Å². The molecule has 14 heavy (non-hydrogen) atoms. The summed E-state index contributed by atoms with van der Waals surface area (Å²) in [5.41, 5.74) is 1.04. The highest BCUT2D eigenvalue weighted by atomic mass is 32.1. The molecule has 0 saturated carbocycles. The van der Waals surface area contributed by atoms with Gasteiger partial charge in [0.05, 0.1) is 9.88 Å². The third-order valence-electron chi connectivity index (χ3n) is 1.86. The van der Waals surface area contributed by atoms with Crippen molar-refractivity contribution in [2.45, 2.75) is 19.8 Å². The number of rotatable bonds is 2. The highest BCUT2D eigenvalue weighted by Crippen LogP contribution is 2.28. The lowest BCUT2D eigenvalue weighted by molar-refractivity contribution is 0.852. The van der Waals surface area contributed by atoms with Crippen LogP contribution in [0.25, 0.3) is 10.4 Å². The van der Waals surface area contributed by atoms with Crippen LogP contribution >= 0.6 is 11.3 Å². The zero-order valence-electron chi connectivity index (χ0n) is 8.14. The Morgan fingerprint density at radius 3 is 2.43 bits per heavy atom. The molecule has 0 N–H and O–H groups in total. The molecule has 0 fully saturated rings. The molecule has 2 aromatic heterocycles. The maximum Gasteiger partial charge on any atom is 0.115 e. The lowest BCUT2D eigenvalue weighted by Crippen LogP contribution is -1.81. The van der Waals surface area contributed by atoms with E-state index in [2.05, 4.69) is 28.8 Å². The van der Waals surface area contributed by atoms with Gasteiger partial charge in [0.1, 0.15) is 6.33 Å². The van der Waals surface area contributed by atoms with Crippen molar-refractivity contribution in [3.8, 4) is 10.4 Å². The zero-order chi connectivity index (χ0) is 9.97. The lowest BCUT2D eigenvalue weighted by Gasteiger charge is -1.96. The van der Waals surface area contributed by atoms with Crippen molar-refractivity contribution >= 4 is 11.3 Å². The number of aromatic nitrogens is 3. The van der Waals surface area contributed by atoms with Gasteiger partial charge < -0.3 is 0 Å². The van der Waals surface area contributed by atoms with Crippen LogP contribution in [0, 0.1) is 0 Å². The van der Waals surface area contributed by atoms with E-state index in [4.69, 9.17) is 0 Å². The molecule has 2 aromatic rings. The number of thiazole rings is 1. The molecule has 0 aliphatic heterocycles. The van der Waals surface area contributed by atoms with E-state index in [0.717, 1.165) is 15.4 Å². The Kier molecular flexibility index (Phi) is 2.54. The van der Waals surface area contributed by atoms with Gasteiger partial charge in [0.2, 0.25) is 0 Å². The molecular formula is C10H11N3S. The fourth-order valence-electron chi connectivity index (χ4n) is 1.11. The first-order chi connectivity index (χ1) is 6.77. The minimum atomic E-state index is 0.485. The minimum absolute atomic E-state index is 0.485. The molecule has 0 unspecified atom stereocenters. The first kappa shape index (κ1) is 9.27. The van der Waals surface area contributed by atoms with Crippen LogP contribution in [0.3, 0.4) is 0 Å². The van der Waals surface area contributed by atoms with E-state index in [0.29, 0.717) is 5.92 Å². The standard InChI is InChI=1S/C10H11N3S/c1-7(2)10-13-5-9(14-10)8-3-11-6-12-4-8/h3-7H,1-2H3. The van der Waals surface area contributed by atoms with Crippen LogP contribution in [0.2, 0.25) is 0 Å². The van der Waals surface area contributed by atoms with E-state index in [9.17, 15) is 0 Å². The predicted octanol–water partition coefficient (Wildman–Crippen LogP) is 2.72. The monoisotopic (exact) mass is 205 g/mol. The van der Waals surface area contributed by atoms with E-state index in [1.54, 1.807) is 11.3 Å². The molecule has 0 aliphatic rings. The van der Waals surface area contributed by atoms with Crippen LogP contribution in [-0.4, -0.2) is 15.0 Å². The average molecular weight is 205 g/mol. The Morgan fingerprint density at radius 1 is 1.14 bits per heavy atom. The average Bonchev–Trinajstić information content (AvgIpc) is 2.68. The van der Waals surface area contributed by atoms with Crippen LogP contribution in [0.4, 0.5) is 0 Å². The molecule has 0 saturated heterocycles. The van der Waals surface area contributed by atoms with E-state index < -0.39 is 0 Å². The van der Waals surface area contributed by atoms with Crippen LogP contribution in [0.1, 0.15) is 24.8 Å². The maximum absolute atomic E-state index is 4.36. The Labute approximate surface area is 86.9 Å². The maximum atomic E-state index is 4.36. The number of hydrogen-bond donors (Lipinski definition) is 0. The van der Waals surface area contributed by atoms with Crippen molar-refractivity contribution in [1.29, 1.82) is 0 Å². The Balaban J connectivity index is 2.34. The van der Waals surface area contributed by atoms with Gasteiger partial charge in [-0.05, 0) is 0 Å². The zero-order valence-corrected chi connectivity index (χ0v) is 8.95. The van der Waals surface area contributed by atoms with Crippen LogP contribution < -0.4 is 0 Å². The molecule has 72 valence electrons. The van der Waals surface area contributed by atoms with Crippen LogP contribution in [0.5, 0.6) is 0 Å². The first-order valence-corrected chi connectivity index (χ1v) is 5.30. The summed E-state index contributed by atoms with van der Waals surface area (Å²) in [5, 5.41) is 1.16. The van der Waals surface area contributed by atoms with Crippen molar-refractivity contribution in [3.63, 3.8) is 0 Å². The second kappa shape index (κ2) is 3.84. The summed E-state index contributed by atoms with van der Waals surface area (Å²) in [5.74, 6) is 0.485. The van der Waals surface area contributed by atoms with E-state index in [1.807, 2.05) is 18.6 Å². The lowest BCUT2D eigenvalue weighted by atomic mass is 10.2. The second-order valence-electron chi connectivity index (χ2n) is 3.34. The topological polar surface area (TPSA) is 38.7 Å². The minimum Gasteiger partial charge on any atom is -0.249 e. The largest absolute Gasteiger partial charge is 0.249 e. The number of nitrogens with zero attached hydrogens (tertiary/aromatic N) is 3. The van der Waals surface area contributed by atoms with E-state index in [1.165, 1.54) is 6.33 Å². The fraction of sp³-hybridized carbons (Fsp3) is 0.300. The quantitative estimate of drug-likeness (QED) is 0.756. The van der Waals surface area contributed by atoms with Gasteiger partial charge in [0.25, 0.3) is 0 Å². The molecule has 0 aliphatic carbocycles. The van der Waals surface area contributed by atoms with Crippen molar-refractivity contribution in [3.05, 3.63) is 29.9 Å². The molecule has 3 nitrogen and oxygen atoms in total. The normalized spacial score (nSPS) is 10.8. The highest BCUT2D eigenvalue weighted by Gasteiger charge is 2.07. The molecule has 0 amide bonds. The van der Waals surface area contributed by atoms with Gasteiger partial charge >= 0.3 is 0 Å². The van der Waals surface area contributed by atoms with Gasteiger partial charge in [-0.2, -0.15) is 0 Å². The van der Waals surface area contributed by atoms with Crippen molar-refractivity contribution in [2.75, 3.05) is 0 Å². The molecule has 2 heterocycles. The van der Waals surface area contributed by atoms with E-state index in [-0.39, 0.29) is 0 Å². The molecule has 0 bridgehead atoms. The summed E-state index contributed by atoms with van der Waals surface area (Å²) < 4.78 is 0.